The highest BCUT2D eigenvalue weighted by atomic mass is 15.2. The number of anilines is 2. The lowest BCUT2D eigenvalue weighted by molar-refractivity contribution is 0.187. The quantitative estimate of drug-likeness (QED) is 0.755. The molecule has 0 amide bonds. The molecule has 25 heavy (non-hydrogen) atoms. The predicted octanol–water partition coefficient (Wildman–Crippen LogP) is 4.27. The molecule has 1 aliphatic heterocycles. The molecule has 0 aliphatic carbocycles. The zero-order chi connectivity index (χ0) is 17.2. The molecule has 128 valence electrons. The molecule has 3 heterocycles. The monoisotopic (exact) mass is 333 g/mol. The molecule has 5 heteroatoms. The van der Waals surface area contributed by atoms with Crippen molar-refractivity contribution in [3.63, 3.8) is 0 Å². The molecule has 0 bridgehead atoms. The Morgan fingerprint density at radius 3 is 2.76 bits per heavy atom. The third-order valence-electron chi connectivity index (χ3n) is 5.06. The largest absolute Gasteiger partial charge is 0.339 e. The second kappa shape index (κ2) is 6.76. The highest BCUT2D eigenvalue weighted by molar-refractivity contribution is 5.82. The van der Waals surface area contributed by atoms with Crippen LogP contribution in [0.15, 0.2) is 42.9 Å². The first kappa shape index (κ1) is 16.0. The molecule has 5 nitrogen and oxygen atoms in total. The maximum Gasteiger partial charge on any atom is 0.138 e. The minimum absolute atomic E-state index is 0.601. The van der Waals surface area contributed by atoms with Gasteiger partial charge in [-0.15, -0.1) is 0 Å². The minimum atomic E-state index is 0.601. The Bertz CT molecular complexity index is 888. The summed E-state index contributed by atoms with van der Waals surface area (Å²) in [5.41, 5.74) is 4.31. The first-order valence-corrected chi connectivity index (χ1v) is 8.97. The zero-order valence-electron chi connectivity index (χ0n) is 14.7. The molecule has 3 aromatic rings. The van der Waals surface area contributed by atoms with Crippen LogP contribution < -0.4 is 5.32 Å². The number of pyridine rings is 1. The van der Waals surface area contributed by atoms with E-state index in [-0.39, 0.29) is 0 Å². The van der Waals surface area contributed by atoms with Crippen molar-refractivity contribution in [1.82, 2.24) is 19.9 Å². The van der Waals surface area contributed by atoms with E-state index in [2.05, 4.69) is 51.1 Å². The summed E-state index contributed by atoms with van der Waals surface area (Å²) < 4.78 is 0. The fraction of sp³-hybridized carbons (Fsp3) is 0.350. The average molecular weight is 333 g/mol. The summed E-state index contributed by atoms with van der Waals surface area (Å²) in [6, 6.07) is 10.9. The van der Waals surface area contributed by atoms with Crippen molar-refractivity contribution in [3.05, 3.63) is 54.1 Å². The number of rotatable bonds is 5. The molecular weight excluding hydrogens is 310 g/mol. The highest BCUT2D eigenvalue weighted by Crippen LogP contribution is 2.31. The Morgan fingerprint density at radius 2 is 1.92 bits per heavy atom. The van der Waals surface area contributed by atoms with E-state index in [1.54, 1.807) is 6.33 Å². The molecule has 1 aromatic carbocycles. The standard InChI is InChI=1S/C20H23N5/c1-3-16(4-2)25-11-17-19(12-25)22-13-23-20(17)24-15-9-14-7-5-6-8-18(14)21-10-15/h5-10,13,16H,3-4,11-12H2,1-2H3,(H,22,23,24). The average Bonchev–Trinajstić information content (AvgIpc) is 3.08. The smallest absolute Gasteiger partial charge is 0.138 e. The van der Waals surface area contributed by atoms with Crippen molar-refractivity contribution in [3.8, 4) is 0 Å². The lowest BCUT2D eigenvalue weighted by Gasteiger charge is -2.24. The number of benzene rings is 1. The van der Waals surface area contributed by atoms with Crippen LogP contribution in [0.2, 0.25) is 0 Å². The molecule has 0 atom stereocenters. The van der Waals surface area contributed by atoms with E-state index >= 15 is 0 Å². The van der Waals surface area contributed by atoms with Gasteiger partial charge in [0.15, 0.2) is 0 Å². The molecular formula is C20H23N5. The van der Waals surface area contributed by atoms with Crippen LogP contribution in [0.1, 0.15) is 37.9 Å². The van der Waals surface area contributed by atoms with E-state index in [1.807, 2.05) is 24.4 Å². The number of nitrogens with zero attached hydrogens (tertiary/aromatic N) is 4. The number of fused-ring (bicyclic) bond motifs is 2. The second-order valence-electron chi connectivity index (χ2n) is 6.56. The Morgan fingerprint density at radius 1 is 1.08 bits per heavy atom. The summed E-state index contributed by atoms with van der Waals surface area (Å²) in [6.07, 6.45) is 5.85. The second-order valence-corrected chi connectivity index (χ2v) is 6.56. The third kappa shape index (κ3) is 3.07. The van der Waals surface area contributed by atoms with Gasteiger partial charge in [-0.25, -0.2) is 9.97 Å². The van der Waals surface area contributed by atoms with Crippen LogP contribution >= 0.6 is 0 Å². The summed E-state index contributed by atoms with van der Waals surface area (Å²) in [4.78, 5) is 16.0. The van der Waals surface area contributed by atoms with Gasteiger partial charge in [0.2, 0.25) is 0 Å². The van der Waals surface area contributed by atoms with Crippen molar-refractivity contribution in [2.75, 3.05) is 5.32 Å². The Balaban J connectivity index is 1.61. The van der Waals surface area contributed by atoms with Crippen LogP contribution in [0.25, 0.3) is 10.9 Å². The fourth-order valence-corrected chi connectivity index (χ4v) is 3.65. The van der Waals surface area contributed by atoms with Gasteiger partial charge in [-0.1, -0.05) is 32.0 Å². The Hall–Kier alpha value is -2.53. The van der Waals surface area contributed by atoms with Crippen molar-refractivity contribution < 1.29 is 0 Å². The molecule has 1 N–H and O–H groups in total. The molecule has 0 fully saturated rings. The van der Waals surface area contributed by atoms with Crippen molar-refractivity contribution in [2.24, 2.45) is 0 Å². The number of hydrogen-bond acceptors (Lipinski definition) is 5. The summed E-state index contributed by atoms with van der Waals surface area (Å²) in [5, 5.41) is 4.57. The molecule has 0 unspecified atom stereocenters. The molecule has 2 aromatic heterocycles. The summed E-state index contributed by atoms with van der Waals surface area (Å²) in [6.45, 7) is 6.33. The third-order valence-corrected chi connectivity index (χ3v) is 5.06. The first-order chi connectivity index (χ1) is 12.3. The molecule has 4 rings (SSSR count). The van der Waals surface area contributed by atoms with E-state index in [0.29, 0.717) is 6.04 Å². The van der Waals surface area contributed by atoms with Crippen LogP contribution in [0.4, 0.5) is 11.5 Å². The van der Waals surface area contributed by atoms with Crippen LogP contribution in [-0.2, 0) is 13.1 Å². The van der Waals surface area contributed by atoms with Gasteiger partial charge in [0.05, 0.1) is 23.1 Å². The molecule has 0 spiro atoms. The number of nitrogens with one attached hydrogen (secondary N) is 1. The summed E-state index contributed by atoms with van der Waals surface area (Å²) >= 11 is 0. The normalized spacial score (nSPS) is 14.2. The van der Waals surface area contributed by atoms with Crippen LogP contribution in [0, 0.1) is 0 Å². The Kier molecular flexibility index (Phi) is 4.32. The summed E-state index contributed by atoms with van der Waals surface area (Å²) in [5.74, 6) is 0.899. The number of para-hydroxylation sites is 1. The van der Waals surface area contributed by atoms with Gasteiger partial charge in [-0.2, -0.15) is 0 Å². The molecule has 0 saturated carbocycles. The summed E-state index contributed by atoms with van der Waals surface area (Å²) in [7, 11) is 0. The van der Waals surface area contributed by atoms with E-state index in [9.17, 15) is 0 Å². The van der Waals surface area contributed by atoms with Gasteiger partial charge < -0.3 is 5.32 Å². The predicted molar refractivity (Wildman–Crippen MR) is 101 cm³/mol. The van der Waals surface area contributed by atoms with Gasteiger partial charge in [0.25, 0.3) is 0 Å². The molecule has 1 aliphatic rings. The fourth-order valence-electron chi connectivity index (χ4n) is 3.65. The SMILES string of the molecule is CCC(CC)N1Cc2ncnc(Nc3cnc4ccccc4c3)c2C1. The minimum Gasteiger partial charge on any atom is -0.339 e. The lowest BCUT2D eigenvalue weighted by atomic mass is 10.1. The van der Waals surface area contributed by atoms with Crippen LogP contribution in [0.5, 0.6) is 0 Å². The topological polar surface area (TPSA) is 53.9 Å². The zero-order valence-corrected chi connectivity index (χ0v) is 14.7. The highest BCUT2D eigenvalue weighted by Gasteiger charge is 2.27. The van der Waals surface area contributed by atoms with Crippen molar-refractivity contribution in [2.45, 2.75) is 45.8 Å². The van der Waals surface area contributed by atoms with Crippen molar-refractivity contribution in [1.29, 1.82) is 0 Å². The van der Waals surface area contributed by atoms with Gasteiger partial charge >= 0.3 is 0 Å². The van der Waals surface area contributed by atoms with Gasteiger partial charge in [0, 0.05) is 30.1 Å². The maximum atomic E-state index is 4.52. The van der Waals surface area contributed by atoms with Crippen LogP contribution in [0.3, 0.4) is 0 Å². The van der Waals surface area contributed by atoms with E-state index < -0.39 is 0 Å². The van der Waals surface area contributed by atoms with Gasteiger partial charge in [0.1, 0.15) is 12.1 Å². The van der Waals surface area contributed by atoms with Gasteiger partial charge in [-0.05, 0) is 25.0 Å². The Labute approximate surface area is 148 Å². The number of aromatic nitrogens is 3. The van der Waals surface area contributed by atoms with E-state index in [4.69, 9.17) is 0 Å². The maximum absolute atomic E-state index is 4.52. The van der Waals surface area contributed by atoms with Crippen LogP contribution in [-0.4, -0.2) is 25.9 Å². The molecule has 0 radical (unpaired) electrons. The number of hydrogen-bond donors (Lipinski definition) is 1. The first-order valence-electron chi connectivity index (χ1n) is 8.97. The molecule has 0 saturated heterocycles. The van der Waals surface area contributed by atoms with E-state index in [1.165, 1.54) is 5.56 Å². The van der Waals surface area contributed by atoms with Gasteiger partial charge in [-0.3, -0.25) is 9.88 Å². The van der Waals surface area contributed by atoms with E-state index in [0.717, 1.165) is 54.0 Å². The van der Waals surface area contributed by atoms with Crippen molar-refractivity contribution >= 4 is 22.4 Å². The lowest BCUT2D eigenvalue weighted by Crippen LogP contribution is -2.29.